The van der Waals surface area contributed by atoms with Crippen LogP contribution in [0, 0.1) is 0 Å². The maximum Gasteiger partial charge on any atom is 0.277 e. The molecule has 0 radical (unpaired) electrons. The van der Waals surface area contributed by atoms with Crippen LogP contribution in [-0.4, -0.2) is 16.0 Å². The SMILES string of the molecule is CC(C)(C)c1ccc(NC(=O)c2cc(-c3cccnc3Cl)on2)cc1. The summed E-state index contributed by atoms with van der Waals surface area (Å²) < 4.78 is 5.22. The zero-order valence-corrected chi connectivity index (χ0v) is 15.0. The fourth-order valence-corrected chi connectivity index (χ4v) is 2.54. The van der Waals surface area contributed by atoms with Gasteiger partial charge in [0.15, 0.2) is 11.5 Å². The van der Waals surface area contributed by atoms with Gasteiger partial charge >= 0.3 is 0 Å². The van der Waals surface area contributed by atoms with E-state index in [1.807, 2.05) is 24.3 Å². The molecule has 0 saturated carbocycles. The Labute approximate surface area is 151 Å². The fourth-order valence-electron chi connectivity index (χ4n) is 2.33. The van der Waals surface area contributed by atoms with Crippen molar-refractivity contribution in [2.45, 2.75) is 26.2 Å². The van der Waals surface area contributed by atoms with E-state index in [2.05, 4.69) is 36.2 Å². The van der Waals surface area contributed by atoms with E-state index in [0.717, 1.165) is 0 Å². The molecule has 6 heteroatoms. The van der Waals surface area contributed by atoms with E-state index < -0.39 is 0 Å². The van der Waals surface area contributed by atoms with Crippen molar-refractivity contribution < 1.29 is 9.32 Å². The van der Waals surface area contributed by atoms with Gasteiger partial charge in [0, 0.05) is 18.0 Å². The first-order chi connectivity index (χ1) is 11.8. The van der Waals surface area contributed by atoms with Crippen molar-refractivity contribution >= 4 is 23.2 Å². The first-order valence-corrected chi connectivity index (χ1v) is 8.22. The number of nitrogens with zero attached hydrogens (tertiary/aromatic N) is 2. The third-order valence-electron chi connectivity index (χ3n) is 3.78. The number of anilines is 1. The normalized spacial score (nSPS) is 11.4. The van der Waals surface area contributed by atoms with Crippen molar-refractivity contribution in [3.63, 3.8) is 0 Å². The number of benzene rings is 1. The molecule has 0 aliphatic heterocycles. The molecule has 25 heavy (non-hydrogen) atoms. The number of carbonyl (C=O) groups is 1. The third kappa shape index (κ3) is 3.88. The van der Waals surface area contributed by atoms with Gasteiger partial charge in [-0.1, -0.05) is 49.7 Å². The number of pyridine rings is 1. The van der Waals surface area contributed by atoms with Crippen LogP contribution in [0.25, 0.3) is 11.3 Å². The van der Waals surface area contributed by atoms with Gasteiger partial charge in [-0.25, -0.2) is 4.98 Å². The minimum Gasteiger partial charge on any atom is -0.355 e. The van der Waals surface area contributed by atoms with Crippen LogP contribution in [0.3, 0.4) is 0 Å². The van der Waals surface area contributed by atoms with Gasteiger partial charge in [-0.15, -0.1) is 0 Å². The van der Waals surface area contributed by atoms with Crippen molar-refractivity contribution in [1.29, 1.82) is 0 Å². The third-order valence-corrected chi connectivity index (χ3v) is 4.08. The fraction of sp³-hybridized carbons (Fsp3) is 0.211. The molecule has 3 rings (SSSR count). The van der Waals surface area contributed by atoms with Crippen molar-refractivity contribution in [2.75, 3.05) is 5.32 Å². The van der Waals surface area contributed by atoms with Gasteiger partial charge < -0.3 is 9.84 Å². The largest absolute Gasteiger partial charge is 0.355 e. The Morgan fingerprint density at radius 2 is 1.88 bits per heavy atom. The summed E-state index contributed by atoms with van der Waals surface area (Å²) in [5, 5.41) is 6.91. The van der Waals surface area contributed by atoms with E-state index in [1.165, 1.54) is 5.56 Å². The Morgan fingerprint density at radius 3 is 2.52 bits per heavy atom. The molecule has 0 fully saturated rings. The monoisotopic (exact) mass is 355 g/mol. The van der Waals surface area contributed by atoms with E-state index in [-0.39, 0.29) is 17.0 Å². The number of aromatic nitrogens is 2. The van der Waals surface area contributed by atoms with Crippen LogP contribution < -0.4 is 5.32 Å². The van der Waals surface area contributed by atoms with Crippen LogP contribution in [0.5, 0.6) is 0 Å². The molecule has 0 bridgehead atoms. The summed E-state index contributed by atoms with van der Waals surface area (Å²) in [6.07, 6.45) is 1.58. The van der Waals surface area contributed by atoms with Crippen LogP contribution in [0.1, 0.15) is 36.8 Å². The lowest BCUT2D eigenvalue weighted by Crippen LogP contribution is -2.13. The van der Waals surface area contributed by atoms with Gasteiger partial charge in [0.2, 0.25) is 0 Å². The quantitative estimate of drug-likeness (QED) is 0.675. The Morgan fingerprint density at radius 1 is 1.16 bits per heavy atom. The van der Waals surface area contributed by atoms with Crippen molar-refractivity contribution in [2.24, 2.45) is 0 Å². The molecule has 2 heterocycles. The van der Waals surface area contributed by atoms with Gasteiger partial charge in [0.25, 0.3) is 5.91 Å². The van der Waals surface area contributed by atoms with Crippen molar-refractivity contribution in [3.8, 4) is 11.3 Å². The average molecular weight is 356 g/mol. The Bertz CT molecular complexity index is 896. The zero-order valence-electron chi connectivity index (χ0n) is 14.2. The molecule has 0 atom stereocenters. The van der Waals surface area contributed by atoms with Gasteiger partial charge in [0.05, 0.1) is 5.56 Å². The molecule has 0 aliphatic rings. The average Bonchev–Trinajstić information content (AvgIpc) is 3.05. The highest BCUT2D eigenvalue weighted by molar-refractivity contribution is 6.32. The second-order valence-corrected chi connectivity index (χ2v) is 7.06. The molecule has 0 unspecified atom stereocenters. The van der Waals surface area contributed by atoms with E-state index in [4.69, 9.17) is 16.1 Å². The summed E-state index contributed by atoms with van der Waals surface area (Å²) in [5.74, 6) is 0.0462. The maximum atomic E-state index is 12.3. The van der Waals surface area contributed by atoms with E-state index in [1.54, 1.807) is 24.4 Å². The molecular weight excluding hydrogens is 338 g/mol. The van der Waals surface area contributed by atoms with Gasteiger partial charge in [-0.2, -0.15) is 0 Å². The molecular formula is C19H18ClN3O2. The van der Waals surface area contributed by atoms with Crippen LogP contribution in [0.2, 0.25) is 5.15 Å². The molecule has 1 amide bonds. The molecule has 0 saturated heterocycles. The van der Waals surface area contributed by atoms with Gasteiger partial charge in [-0.05, 0) is 35.2 Å². The molecule has 0 aliphatic carbocycles. The summed E-state index contributed by atoms with van der Waals surface area (Å²) in [7, 11) is 0. The molecule has 0 spiro atoms. The minimum atomic E-state index is -0.349. The van der Waals surface area contributed by atoms with Gasteiger partial charge in [-0.3, -0.25) is 4.79 Å². The number of halogens is 1. The molecule has 3 aromatic rings. The van der Waals surface area contributed by atoms with Crippen LogP contribution >= 0.6 is 11.6 Å². The standard InChI is InChI=1S/C19H18ClN3O2/c1-19(2,3)12-6-8-13(9-7-12)22-18(24)15-11-16(25-23-15)14-5-4-10-21-17(14)20/h4-11H,1-3H3,(H,22,24). The maximum absolute atomic E-state index is 12.3. The summed E-state index contributed by atoms with van der Waals surface area (Å²) in [6.45, 7) is 6.42. The Kier molecular flexibility index (Phi) is 4.59. The predicted octanol–water partition coefficient (Wildman–Crippen LogP) is 4.94. The zero-order chi connectivity index (χ0) is 18.0. The van der Waals surface area contributed by atoms with Gasteiger partial charge in [0.1, 0.15) is 5.15 Å². The lowest BCUT2D eigenvalue weighted by Gasteiger charge is -2.19. The number of amides is 1. The summed E-state index contributed by atoms with van der Waals surface area (Å²) >= 11 is 6.03. The first-order valence-electron chi connectivity index (χ1n) is 7.84. The van der Waals surface area contributed by atoms with E-state index >= 15 is 0 Å². The molecule has 2 aromatic heterocycles. The highest BCUT2D eigenvalue weighted by Crippen LogP contribution is 2.27. The number of hydrogen-bond acceptors (Lipinski definition) is 4. The van der Waals surface area contributed by atoms with Crippen molar-refractivity contribution in [1.82, 2.24) is 10.1 Å². The number of nitrogens with one attached hydrogen (secondary N) is 1. The highest BCUT2D eigenvalue weighted by Gasteiger charge is 2.17. The Hall–Kier alpha value is -2.66. The summed E-state index contributed by atoms with van der Waals surface area (Å²) in [4.78, 5) is 16.3. The molecule has 128 valence electrons. The minimum absolute atomic E-state index is 0.0620. The summed E-state index contributed by atoms with van der Waals surface area (Å²) in [5.41, 5.74) is 2.72. The first kappa shape index (κ1) is 17.2. The lowest BCUT2D eigenvalue weighted by atomic mass is 9.87. The van der Waals surface area contributed by atoms with Crippen LogP contribution in [0.15, 0.2) is 53.2 Å². The topological polar surface area (TPSA) is 68.0 Å². The van der Waals surface area contributed by atoms with Crippen LogP contribution in [0.4, 0.5) is 5.69 Å². The predicted molar refractivity (Wildman–Crippen MR) is 97.8 cm³/mol. The molecule has 1 N–H and O–H groups in total. The lowest BCUT2D eigenvalue weighted by molar-refractivity contribution is 0.101. The number of carbonyl (C=O) groups excluding carboxylic acids is 1. The number of rotatable bonds is 3. The molecule has 5 nitrogen and oxygen atoms in total. The van der Waals surface area contributed by atoms with E-state index in [0.29, 0.717) is 22.2 Å². The number of hydrogen-bond donors (Lipinski definition) is 1. The smallest absolute Gasteiger partial charge is 0.277 e. The Balaban J connectivity index is 1.75. The van der Waals surface area contributed by atoms with Crippen LogP contribution in [-0.2, 0) is 5.41 Å². The second kappa shape index (κ2) is 6.69. The second-order valence-electron chi connectivity index (χ2n) is 6.70. The highest BCUT2D eigenvalue weighted by atomic mass is 35.5. The molecule has 1 aromatic carbocycles. The van der Waals surface area contributed by atoms with Crippen molar-refractivity contribution in [3.05, 3.63) is 65.1 Å². The van der Waals surface area contributed by atoms with E-state index in [9.17, 15) is 4.79 Å². The summed E-state index contributed by atoms with van der Waals surface area (Å²) in [6, 6.07) is 12.8.